The molecule has 23 heavy (non-hydrogen) atoms. The topological polar surface area (TPSA) is 68.3 Å². The molecule has 5 heteroatoms. The first-order chi connectivity index (χ1) is 11.2. The van der Waals surface area contributed by atoms with Crippen LogP contribution in [0, 0.1) is 0 Å². The van der Waals surface area contributed by atoms with Gasteiger partial charge < -0.3 is 10.1 Å². The Kier molecular flexibility index (Phi) is 6.06. The number of hydrogen-bond acceptors (Lipinski definition) is 4. The van der Waals surface area contributed by atoms with Crippen molar-refractivity contribution < 1.29 is 14.3 Å². The summed E-state index contributed by atoms with van der Waals surface area (Å²) < 4.78 is 4.92. The van der Waals surface area contributed by atoms with Crippen molar-refractivity contribution in [2.75, 3.05) is 6.61 Å². The molecule has 2 aromatic rings. The Balaban J connectivity index is 1.84. The van der Waals surface area contributed by atoms with Gasteiger partial charge in [0.2, 0.25) is 5.91 Å². The van der Waals surface area contributed by atoms with Crippen LogP contribution in [0.15, 0.2) is 54.9 Å². The molecule has 0 unspecified atom stereocenters. The van der Waals surface area contributed by atoms with Crippen molar-refractivity contribution in [3.63, 3.8) is 0 Å². The van der Waals surface area contributed by atoms with Gasteiger partial charge in [0.1, 0.15) is 0 Å². The summed E-state index contributed by atoms with van der Waals surface area (Å²) in [5, 5.41) is 2.78. The van der Waals surface area contributed by atoms with Crippen LogP contribution in [0.3, 0.4) is 0 Å². The minimum absolute atomic E-state index is 0.191. The van der Waals surface area contributed by atoms with Crippen LogP contribution < -0.4 is 5.32 Å². The minimum atomic E-state index is -0.345. The van der Waals surface area contributed by atoms with E-state index in [1.54, 1.807) is 49.7 Å². The standard InChI is InChI=1S/C18H18N2O3/c1-2-23-18(22)16-8-5-15(6-9-16)13-20-17(21)10-7-14-4-3-11-19-12-14/h3-12H,2,13H2,1H3,(H,20,21). The third-order valence-corrected chi connectivity index (χ3v) is 3.04. The largest absolute Gasteiger partial charge is 0.462 e. The lowest BCUT2D eigenvalue weighted by atomic mass is 10.1. The second-order valence-corrected chi connectivity index (χ2v) is 4.75. The van der Waals surface area contributed by atoms with Crippen molar-refractivity contribution in [1.29, 1.82) is 0 Å². The molecule has 1 aromatic carbocycles. The molecule has 0 atom stereocenters. The summed E-state index contributed by atoms with van der Waals surface area (Å²) >= 11 is 0. The molecule has 1 aromatic heterocycles. The smallest absolute Gasteiger partial charge is 0.338 e. The van der Waals surface area contributed by atoms with Gasteiger partial charge in [-0.2, -0.15) is 0 Å². The highest BCUT2D eigenvalue weighted by Gasteiger charge is 2.05. The number of nitrogens with one attached hydrogen (secondary N) is 1. The van der Waals surface area contributed by atoms with Gasteiger partial charge in [-0.3, -0.25) is 9.78 Å². The van der Waals surface area contributed by atoms with E-state index in [2.05, 4.69) is 10.3 Å². The molecule has 1 N–H and O–H groups in total. The molecule has 0 aliphatic carbocycles. The van der Waals surface area contributed by atoms with E-state index in [0.29, 0.717) is 18.7 Å². The fraction of sp³-hybridized carbons (Fsp3) is 0.167. The van der Waals surface area contributed by atoms with E-state index in [1.807, 2.05) is 12.1 Å². The van der Waals surface area contributed by atoms with Crippen molar-refractivity contribution in [2.24, 2.45) is 0 Å². The first-order valence-corrected chi connectivity index (χ1v) is 7.31. The first-order valence-electron chi connectivity index (χ1n) is 7.31. The van der Waals surface area contributed by atoms with Crippen molar-refractivity contribution in [1.82, 2.24) is 10.3 Å². The van der Waals surface area contributed by atoms with Crippen LogP contribution in [-0.4, -0.2) is 23.5 Å². The number of rotatable bonds is 6. The van der Waals surface area contributed by atoms with Gasteiger partial charge >= 0.3 is 5.97 Å². The lowest BCUT2D eigenvalue weighted by molar-refractivity contribution is -0.116. The predicted octanol–water partition coefficient (Wildman–Crippen LogP) is 2.59. The Morgan fingerprint density at radius 2 is 2.00 bits per heavy atom. The van der Waals surface area contributed by atoms with Gasteiger partial charge in [0.15, 0.2) is 0 Å². The molecule has 0 saturated heterocycles. The van der Waals surface area contributed by atoms with Gasteiger partial charge in [0, 0.05) is 25.0 Å². The third-order valence-electron chi connectivity index (χ3n) is 3.04. The second-order valence-electron chi connectivity index (χ2n) is 4.75. The molecule has 0 fully saturated rings. The van der Waals surface area contributed by atoms with Gasteiger partial charge in [-0.15, -0.1) is 0 Å². The number of pyridine rings is 1. The minimum Gasteiger partial charge on any atom is -0.462 e. The lowest BCUT2D eigenvalue weighted by Gasteiger charge is -2.05. The highest BCUT2D eigenvalue weighted by molar-refractivity contribution is 5.91. The summed E-state index contributed by atoms with van der Waals surface area (Å²) in [5.74, 6) is -0.536. The maximum atomic E-state index is 11.8. The van der Waals surface area contributed by atoms with Crippen molar-refractivity contribution in [3.8, 4) is 0 Å². The van der Waals surface area contributed by atoms with Gasteiger partial charge in [0.25, 0.3) is 0 Å². The monoisotopic (exact) mass is 310 g/mol. The number of esters is 1. The van der Waals surface area contributed by atoms with Crippen LogP contribution in [0.25, 0.3) is 6.08 Å². The van der Waals surface area contributed by atoms with Gasteiger partial charge in [-0.1, -0.05) is 18.2 Å². The zero-order chi connectivity index (χ0) is 16.5. The summed E-state index contributed by atoms with van der Waals surface area (Å²) in [6, 6.07) is 10.6. The quantitative estimate of drug-likeness (QED) is 0.658. The highest BCUT2D eigenvalue weighted by atomic mass is 16.5. The van der Waals surface area contributed by atoms with Crippen molar-refractivity contribution in [2.45, 2.75) is 13.5 Å². The van der Waals surface area contributed by atoms with Gasteiger partial charge in [-0.25, -0.2) is 4.79 Å². The molecule has 1 amide bonds. The molecule has 0 bridgehead atoms. The van der Waals surface area contributed by atoms with Crippen molar-refractivity contribution in [3.05, 3.63) is 71.6 Å². The third kappa shape index (κ3) is 5.39. The molecule has 0 saturated carbocycles. The Bertz CT molecular complexity index is 679. The number of carbonyl (C=O) groups excluding carboxylic acids is 2. The fourth-order valence-corrected chi connectivity index (χ4v) is 1.87. The van der Waals surface area contributed by atoms with Crippen LogP contribution in [0.2, 0.25) is 0 Å². The van der Waals surface area contributed by atoms with Crippen LogP contribution in [0.5, 0.6) is 0 Å². The normalized spacial score (nSPS) is 10.5. The number of aromatic nitrogens is 1. The zero-order valence-electron chi connectivity index (χ0n) is 12.9. The van der Waals surface area contributed by atoms with Crippen LogP contribution in [0.1, 0.15) is 28.4 Å². The molecule has 2 rings (SSSR count). The lowest BCUT2D eigenvalue weighted by Crippen LogP contribution is -2.20. The number of carbonyl (C=O) groups is 2. The summed E-state index contributed by atoms with van der Waals surface area (Å²) in [6.45, 7) is 2.50. The van der Waals surface area contributed by atoms with Crippen LogP contribution >= 0.6 is 0 Å². The average Bonchev–Trinajstić information content (AvgIpc) is 2.59. The van der Waals surface area contributed by atoms with Crippen LogP contribution in [0.4, 0.5) is 0 Å². The second kappa shape index (κ2) is 8.48. The maximum absolute atomic E-state index is 11.8. The SMILES string of the molecule is CCOC(=O)c1ccc(CNC(=O)C=Cc2cccnc2)cc1. The zero-order valence-corrected chi connectivity index (χ0v) is 12.9. The molecular weight excluding hydrogens is 292 g/mol. The van der Waals surface area contributed by atoms with E-state index < -0.39 is 0 Å². The molecule has 1 heterocycles. The highest BCUT2D eigenvalue weighted by Crippen LogP contribution is 2.06. The van der Waals surface area contributed by atoms with E-state index in [9.17, 15) is 9.59 Å². The molecule has 0 aliphatic heterocycles. The Morgan fingerprint density at radius 3 is 2.65 bits per heavy atom. The molecular formula is C18H18N2O3. The van der Waals surface area contributed by atoms with E-state index >= 15 is 0 Å². The van der Waals surface area contributed by atoms with E-state index in [1.165, 1.54) is 6.08 Å². The number of hydrogen-bond donors (Lipinski definition) is 1. The Hall–Kier alpha value is -2.95. The van der Waals surface area contributed by atoms with Gasteiger partial charge in [0.05, 0.1) is 12.2 Å². The summed E-state index contributed by atoms with van der Waals surface area (Å²) in [5.41, 5.74) is 2.26. The van der Waals surface area contributed by atoms with E-state index in [-0.39, 0.29) is 11.9 Å². The number of nitrogens with zero attached hydrogens (tertiary/aromatic N) is 1. The van der Waals surface area contributed by atoms with E-state index in [0.717, 1.165) is 11.1 Å². The first kappa shape index (κ1) is 16.4. The molecule has 0 aliphatic rings. The van der Waals surface area contributed by atoms with Crippen molar-refractivity contribution >= 4 is 18.0 Å². The molecule has 118 valence electrons. The number of benzene rings is 1. The fourth-order valence-electron chi connectivity index (χ4n) is 1.87. The maximum Gasteiger partial charge on any atom is 0.338 e. The molecule has 0 spiro atoms. The predicted molar refractivity (Wildman–Crippen MR) is 87.5 cm³/mol. The number of ether oxygens (including phenoxy) is 1. The van der Waals surface area contributed by atoms with Crippen LogP contribution in [-0.2, 0) is 16.1 Å². The summed E-state index contributed by atoms with van der Waals surface area (Å²) in [4.78, 5) is 27.3. The molecule has 5 nitrogen and oxygen atoms in total. The summed E-state index contributed by atoms with van der Waals surface area (Å²) in [6.07, 6.45) is 6.52. The summed E-state index contributed by atoms with van der Waals surface area (Å²) in [7, 11) is 0. The average molecular weight is 310 g/mol. The Morgan fingerprint density at radius 1 is 1.22 bits per heavy atom. The Labute approximate surface area is 135 Å². The van der Waals surface area contributed by atoms with E-state index in [4.69, 9.17) is 4.74 Å². The molecule has 0 radical (unpaired) electrons. The van der Waals surface area contributed by atoms with Gasteiger partial charge in [-0.05, 0) is 42.3 Å². The number of amides is 1.